The van der Waals surface area contributed by atoms with E-state index in [9.17, 15) is 0 Å². The van der Waals surface area contributed by atoms with Gasteiger partial charge in [0.15, 0.2) is 0 Å². The fourth-order valence-corrected chi connectivity index (χ4v) is 3.19. The zero-order valence-electron chi connectivity index (χ0n) is 12.2. The molecule has 1 aliphatic rings. The van der Waals surface area contributed by atoms with Gasteiger partial charge in [-0.1, -0.05) is 40.7 Å². The van der Waals surface area contributed by atoms with Gasteiger partial charge in [0.25, 0.3) is 0 Å². The summed E-state index contributed by atoms with van der Waals surface area (Å²) < 4.78 is 0. The molecule has 1 atom stereocenters. The van der Waals surface area contributed by atoms with Crippen molar-refractivity contribution in [1.82, 2.24) is 0 Å². The van der Waals surface area contributed by atoms with Gasteiger partial charge in [-0.2, -0.15) is 5.26 Å². The number of hydrogen-bond donors (Lipinski definition) is 0. The topological polar surface area (TPSA) is 23.8 Å². The van der Waals surface area contributed by atoms with Gasteiger partial charge in [0.05, 0.1) is 11.6 Å². The van der Waals surface area contributed by atoms with Gasteiger partial charge in [-0.25, -0.2) is 0 Å². The normalized spacial score (nSPS) is 22.1. The first kappa shape index (κ1) is 13.1. The van der Waals surface area contributed by atoms with E-state index < -0.39 is 0 Å². The maximum atomic E-state index is 9.17. The zero-order valence-corrected chi connectivity index (χ0v) is 12.2. The average molecular weight is 241 g/mol. The van der Waals surface area contributed by atoms with Crippen LogP contribution in [0.3, 0.4) is 0 Å². The molecule has 0 spiro atoms. The highest BCUT2D eigenvalue weighted by Gasteiger charge is 2.35. The molecule has 96 valence electrons. The van der Waals surface area contributed by atoms with Crippen molar-refractivity contribution in [3.05, 3.63) is 34.9 Å². The summed E-state index contributed by atoms with van der Waals surface area (Å²) >= 11 is 0. The summed E-state index contributed by atoms with van der Waals surface area (Å²) in [7, 11) is 0. The minimum atomic E-state index is 0.243. The van der Waals surface area contributed by atoms with Gasteiger partial charge < -0.3 is 0 Å². The quantitative estimate of drug-likeness (QED) is 0.648. The van der Waals surface area contributed by atoms with E-state index in [1.165, 1.54) is 17.5 Å². The Hall–Kier alpha value is -1.29. The largest absolute Gasteiger partial charge is 0.192 e. The van der Waals surface area contributed by atoms with Crippen molar-refractivity contribution in [3.63, 3.8) is 0 Å². The van der Waals surface area contributed by atoms with E-state index in [2.05, 4.69) is 58.9 Å². The van der Waals surface area contributed by atoms with Crippen LogP contribution in [0.1, 0.15) is 63.6 Å². The number of nitrogens with zero attached hydrogens (tertiary/aromatic N) is 1. The number of rotatable bonds is 0. The van der Waals surface area contributed by atoms with Crippen molar-refractivity contribution in [2.75, 3.05) is 0 Å². The van der Waals surface area contributed by atoms with Gasteiger partial charge in [0, 0.05) is 0 Å². The molecule has 1 aromatic carbocycles. The summed E-state index contributed by atoms with van der Waals surface area (Å²) in [4.78, 5) is 0. The van der Waals surface area contributed by atoms with Crippen LogP contribution < -0.4 is 0 Å². The first-order valence-corrected chi connectivity index (χ1v) is 6.75. The van der Waals surface area contributed by atoms with E-state index >= 15 is 0 Å². The Labute approximate surface area is 111 Å². The third kappa shape index (κ3) is 2.58. The molecule has 0 N–H and O–H groups in total. The van der Waals surface area contributed by atoms with Gasteiger partial charge in [0.2, 0.25) is 0 Å². The lowest BCUT2D eigenvalue weighted by atomic mass is 9.69. The average Bonchev–Trinajstić information content (AvgIpc) is 2.31. The fourth-order valence-electron chi connectivity index (χ4n) is 3.19. The maximum Gasteiger partial charge on any atom is 0.0991 e. The van der Waals surface area contributed by atoms with Crippen LogP contribution in [-0.4, -0.2) is 0 Å². The summed E-state index contributed by atoms with van der Waals surface area (Å²) in [5.41, 5.74) is 4.03. The summed E-state index contributed by atoms with van der Waals surface area (Å²) in [5.74, 6) is 0.530. The maximum absolute atomic E-state index is 9.17. The molecular weight excluding hydrogens is 218 g/mol. The van der Waals surface area contributed by atoms with Crippen molar-refractivity contribution in [1.29, 1.82) is 5.26 Å². The van der Waals surface area contributed by atoms with E-state index in [1.807, 2.05) is 0 Å². The first-order chi connectivity index (χ1) is 8.21. The van der Waals surface area contributed by atoms with Gasteiger partial charge in [-0.15, -0.1) is 0 Å². The summed E-state index contributed by atoms with van der Waals surface area (Å²) in [6, 6.07) is 8.75. The van der Waals surface area contributed by atoms with E-state index in [4.69, 9.17) is 5.26 Å². The molecule has 0 fully saturated rings. The number of hydrogen-bond acceptors (Lipinski definition) is 1. The van der Waals surface area contributed by atoms with Crippen LogP contribution in [0.25, 0.3) is 0 Å². The first-order valence-electron chi connectivity index (χ1n) is 6.75. The van der Waals surface area contributed by atoms with Crippen molar-refractivity contribution in [3.8, 4) is 6.07 Å². The molecule has 2 rings (SSSR count). The lowest BCUT2D eigenvalue weighted by Gasteiger charge is -2.35. The van der Waals surface area contributed by atoms with Crippen LogP contribution in [0.4, 0.5) is 0 Å². The second-order valence-electron chi connectivity index (χ2n) is 7.54. The molecule has 0 saturated heterocycles. The molecule has 1 aromatic rings. The van der Waals surface area contributed by atoms with E-state index in [-0.39, 0.29) is 5.41 Å². The highest BCUT2D eigenvalue weighted by Crippen LogP contribution is 2.47. The molecule has 0 amide bonds. The minimum absolute atomic E-state index is 0.243. The van der Waals surface area contributed by atoms with Crippen molar-refractivity contribution < 1.29 is 0 Å². The van der Waals surface area contributed by atoms with Gasteiger partial charge in [0.1, 0.15) is 0 Å². The van der Waals surface area contributed by atoms with Crippen LogP contribution >= 0.6 is 0 Å². The van der Waals surface area contributed by atoms with Gasteiger partial charge in [-0.05, 0) is 52.8 Å². The van der Waals surface area contributed by atoms with Crippen molar-refractivity contribution in [2.45, 2.75) is 53.4 Å². The van der Waals surface area contributed by atoms with Crippen LogP contribution in [0.2, 0.25) is 0 Å². The SMILES string of the molecule is CC1(C)Cc2cc(C#N)cc(c2)C(C(C)(C)C)C1. The predicted molar refractivity (Wildman–Crippen MR) is 75.5 cm³/mol. The Kier molecular flexibility index (Phi) is 3.01. The summed E-state index contributed by atoms with van der Waals surface area (Å²) in [5, 5.41) is 9.17. The third-order valence-electron chi connectivity index (χ3n) is 4.03. The number of benzene rings is 1. The van der Waals surface area contributed by atoms with Gasteiger partial charge >= 0.3 is 0 Å². The Morgan fingerprint density at radius 2 is 1.89 bits per heavy atom. The number of fused-ring (bicyclic) bond motifs is 2. The Balaban J connectivity index is 2.57. The zero-order chi connectivity index (χ0) is 13.6. The Bertz CT molecular complexity index is 497. The minimum Gasteiger partial charge on any atom is -0.192 e. The molecule has 0 radical (unpaired) electrons. The molecule has 0 aromatic heterocycles. The lowest BCUT2D eigenvalue weighted by Crippen LogP contribution is -2.24. The molecule has 0 saturated carbocycles. The molecule has 2 bridgehead atoms. The summed E-state index contributed by atoms with van der Waals surface area (Å²) in [6.45, 7) is 11.6. The van der Waals surface area contributed by atoms with Crippen LogP contribution in [-0.2, 0) is 6.42 Å². The lowest BCUT2D eigenvalue weighted by molar-refractivity contribution is 0.218. The molecule has 1 nitrogen and oxygen atoms in total. The third-order valence-corrected chi connectivity index (χ3v) is 4.03. The molecule has 0 heterocycles. The molecule has 1 unspecified atom stereocenters. The second-order valence-corrected chi connectivity index (χ2v) is 7.54. The van der Waals surface area contributed by atoms with Gasteiger partial charge in [-0.3, -0.25) is 0 Å². The molecule has 0 aliphatic heterocycles. The highest BCUT2D eigenvalue weighted by molar-refractivity contribution is 5.41. The van der Waals surface area contributed by atoms with E-state index in [1.54, 1.807) is 0 Å². The predicted octanol–water partition coefficient (Wildman–Crippen LogP) is 4.66. The van der Waals surface area contributed by atoms with Crippen LogP contribution in [0, 0.1) is 22.2 Å². The monoisotopic (exact) mass is 241 g/mol. The number of nitriles is 1. The molecule has 1 heteroatoms. The Morgan fingerprint density at radius 1 is 1.22 bits per heavy atom. The van der Waals surface area contributed by atoms with Crippen LogP contribution in [0.15, 0.2) is 18.2 Å². The molecule has 1 aliphatic carbocycles. The van der Waals surface area contributed by atoms with E-state index in [0.29, 0.717) is 11.3 Å². The summed E-state index contributed by atoms with van der Waals surface area (Å²) in [6.07, 6.45) is 2.26. The van der Waals surface area contributed by atoms with Crippen LogP contribution in [0.5, 0.6) is 0 Å². The fraction of sp³-hybridized carbons (Fsp3) is 0.588. The van der Waals surface area contributed by atoms with Crippen molar-refractivity contribution in [2.24, 2.45) is 10.8 Å². The standard InChI is InChI=1S/C17H23N/c1-16(2,3)15-10-17(4,5)9-12-6-13(11-18)8-14(15)7-12/h6-8,15H,9-10H2,1-5H3. The van der Waals surface area contributed by atoms with E-state index in [0.717, 1.165) is 12.0 Å². The molecular formula is C17H23N. The smallest absolute Gasteiger partial charge is 0.0991 e. The second kappa shape index (κ2) is 4.12. The Morgan fingerprint density at radius 3 is 2.44 bits per heavy atom. The highest BCUT2D eigenvalue weighted by atomic mass is 14.4. The molecule has 18 heavy (non-hydrogen) atoms. The van der Waals surface area contributed by atoms with Crippen molar-refractivity contribution >= 4 is 0 Å².